The highest BCUT2D eigenvalue weighted by molar-refractivity contribution is 7.94. The third-order valence-corrected chi connectivity index (χ3v) is 4.06. The van der Waals surface area contributed by atoms with E-state index in [1.54, 1.807) is 0 Å². The molecule has 5 nitrogen and oxygen atoms in total. The first kappa shape index (κ1) is 13.5. The Kier molecular flexibility index (Phi) is 3.57. The molecule has 1 aliphatic rings. The van der Waals surface area contributed by atoms with Crippen LogP contribution in [0, 0.1) is 5.82 Å². The predicted molar refractivity (Wildman–Crippen MR) is 67.1 cm³/mol. The number of methoxy groups -OCH3 is 1. The Bertz CT molecular complexity index is 639. The van der Waals surface area contributed by atoms with Crippen LogP contribution < -0.4 is 10.1 Å². The minimum Gasteiger partial charge on any atom is -0.497 e. The first-order valence-corrected chi connectivity index (χ1v) is 7.18. The fraction of sp³-hybridized carbons (Fsp3) is 0.250. The third kappa shape index (κ3) is 3.11. The maximum Gasteiger partial charge on any atom is 0.254 e. The zero-order valence-electron chi connectivity index (χ0n) is 10.1. The van der Waals surface area contributed by atoms with Gasteiger partial charge in [-0.25, -0.2) is 12.8 Å². The highest BCUT2D eigenvalue weighted by Gasteiger charge is 2.24. The molecular formula is C12H12FNO4S. The van der Waals surface area contributed by atoms with E-state index >= 15 is 0 Å². The molecular weight excluding hydrogens is 273 g/mol. The number of nitrogens with one attached hydrogen (secondary N) is 1. The summed E-state index contributed by atoms with van der Waals surface area (Å²) in [5.74, 6) is -1.28. The monoisotopic (exact) mass is 285 g/mol. The quantitative estimate of drug-likeness (QED) is 0.894. The smallest absolute Gasteiger partial charge is 0.254 e. The van der Waals surface area contributed by atoms with Crippen LogP contribution in [0.5, 0.6) is 5.75 Å². The summed E-state index contributed by atoms with van der Waals surface area (Å²) in [6, 6.07) is 3.21. The van der Waals surface area contributed by atoms with Crippen molar-refractivity contribution < 1.29 is 22.3 Å². The van der Waals surface area contributed by atoms with Gasteiger partial charge in [0.05, 0.1) is 24.5 Å². The fourth-order valence-electron chi connectivity index (χ4n) is 1.72. The van der Waals surface area contributed by atoms with Crippen LogP contribution >= 0.6 is 0 Å². The number of carbonyl (C=O) groups is 1. The molecule has 1 atom stereocenters. The van der Waals surface area contributed by atoms with Crippen LogP contribution in [-0.4, -0.2) is 33.2 Å². The Morgan fingerprint density at radius 3 is 2.74 bits per heavy atom. The molecule has 0 aromatic heterocycles. The van der Waals surface area contributed by atoms with Crippen molar-refractivity contribution in [1.82, 2.24) is 5.32 Å². The van der Waals surface area contributed by atoms with Gasteiger partial charge in [0.25, 0.3) is 5.91 Å². The van der Waals surface area contributed by atoms with E-state index in [4.69, 9.17) is 4.74 Å². The third-order valence-electron chi connectivity index (χ3n) is 2.67. The second kappa shape index (κ2) is 5.00. The molecule has 1 aromatic carbocycles. The lowest BCUT2D eigenvalue weighted by Crippen LogP contribution is -2.35. The summed E-state index contributed by atoms with van der Waals surface area (Å²) >= 11 is 0. The van der Waals surface area contributed by atoms with E-state index in [0.717, 1.165) is 11.5 Å². The summed E-state index contributed by atoms with van der Waals surface area (Å²) in [6.07, 6.45) is 1.37. The highest BCUT2D eigenvalue weighted by atomic mass is 32.2. The summed E-state index contributed by atoms with van der Waals surface area (Å²) in [5, 5.41) is 3.49. The van der Waals surface area contributed by atoms with Crippen LogP contribution in [0.1, 0.15) is 10.4 Å². The van der Waals surface area contributed by atoms with E-state index in [1.807, 2.05) is 0 Å². The zero-order chi connectivity index (χ0) is 14.0. The molecule has 1 amide bonds. The lowest BCUT2D eigenvalue weighted by Gasteiger charge is -2.11. The molecule has 0 bridgehead atoms. The van der Waals surface area contributed by atoms with E-state index < -0.39 is 27.6 Å². The van der Waals surface area contributed by atoms with Crippen molar-refractivity contribution in [2.24, 2.45) is 0 Å². The first-order chi connectivity index (χ1) is 8.91. The van der Waals surface area contributed by atoms with Gasteiger partial charge in [-0.05, 0) is 18.2 Å². The minimum atomic E-state index is -3.25. The maximum atomic E-state index is 13.6. The number of ether oxygens (including phenoxy) is 1. The minimum absolute atomic E-state index is 0.154. The molecule has 1 unspecified atom stereocenters. The second-order valence-electron chi connectivity index (χ2n) is 4.08. The van der Waals surface area contributed by atoms with Crippen LogP contribution in [0.25, 0.3) is 0 Å². The lowest BCUT2D eigenvalue weighted by atomic mass is 10.1. The largest absolute Gasteiger partial charge is 0.497 e. The predicted octanol–water partition coefficient (Wildman–Crippen LogP) is 0.875. The number of carbonyl (C=O) groups excluding carboxylic acids is 1. The normalized spacial score (nSPS) is 20.2. The second-order valence-corrected chi connectivity index (χ2v) is 6.02. The van der Waals surface area contributed by atoms with E-state index in [-0.39, 0.29) is 11.3 Å². The molecule has 0 fully saturated rings. The average Bonchev–Trinajstić information content (AvgIpc) is 2.68. The molecule has 7 heteroatoms. The molecule has 2 rings (SSSR count). The Morgan fingerprint density at radius 2 is 2.21 bits per heavy atom. The van der Waals surface area contributed by atoms with Crippen molar-refractivity contribution in [2.45, 2.75) is 6.04 Å². The van der Waals surface area contributed by atoms with Crippen LogP contribution in [0.15, 0.2) is 29.7 Å². The molecule has 19 heavy (non-hydrogen) atoms. The SMILES string of the molecule is COc1ccc(C(=O)NC2C=CS(=O)(=O)C2)c(F)c1. The van der Waals surface area contributed by atoms with Crippen molar-refractivity contribution in [3.8, 4) is 5.75 Å². The molecule has 0 radical (unpaired) electrons. The van der Waals surface area contributed by atoms with Crippen LogP contribution in [0.4, 0.5) is 4.39 Å². The zero-order valence-corrected chi connectivity index (χ0v) is 10.9. The molecule has 1 aliphatic heterocycles. The molecule has 102 valence electrons. The Morgan fingerprint density at radius 1 is 1.47 bits per heavy atom. The number of hydrogen-bond donors (Lipinski definition) is 1. The molecule has 0 saturated carbocycles. The topological polar surface area (TPSA) is 72.5 Å². The standard InChI is InChI=1S/C12H12FNO4S/c1-18-9-2-3-10(11(13)6-9)12(15)14-8-4-5-19(16,17)7-8/h2-6,8H,7H2,1H3,(H,14,15). The summed E-state index contributed by atoms with van der Waals surface area (Å²) in [6.45, 7) is 0. The summed E-state index contributed by atoms with van der Waals surface area (Å²) in [5.41, 5.74) is -0.154. The van der Waals surface area contributed by atoms with Crippen molar-refractivity contribution in [2.75, 3.05) is 12.9 Å². The molecule has 1 heterocycles. The van der Waals surface area contributed by atoms with Crippen LogP contribution in [-0.2, 0) is 9.84 Å². The number of benzene rings is 1. The number of hydrogen-bond acceptors (Lipinski definition) is 4. The molecule has 1 N–H and O–H groups in total. The van der Waals surface area contributed by atoms with Gasteiger partial charge in [0.15, 0.2) is 9.84 Å². The van der Waals surface area contributed by atoms with Gasteiger partial charge in [0.2, 0.25) is 0 Å². The van der Waals surface area contributed by atoms with Crippen molar-refractivity contribution in [3.05, 3.63) is 41.1 Å². The van der Waals surface area contributed by atoms with Crippen LogP contribution in [0.3, 0.4) is 0 Å². The Balaban J connectivity index is 2.11. The van der Waals surface area contributed by atoms with Gasteiger partial charge in [-0.1, -0.05) is 0 Å². The Labute approximate surface area is 110 Å². The average molecular weight is 285 g/mol. The molecule has 0 saturated heterocycles. The van der Waals surface area contributed by atoms with E-state index in [0.29, 0.717) is 5.75 Å². The van der Waals surface area contributed by atoms with Gasteiger partial charge in [-0.2, -0.15) is 0 Å². The van der Waals surface area contributed by atoms with E-state index in [1.165, 1.54) is 25.3 Å². The number of rotatable bonds is 3. The first-order valence-electron chi connectivity index (χ1n) is 5.46. The van der Waals surface area contributed by atoms with E-state index in [9.17, 15) is 17.6 Å². The van der Waals surface area contributed by atoms with Gasteiger partial charge >= 0.3 is 0 Å². The summed E-state index contributed by atoms with van der Waals surface area (Å²) in [4.78, 5) is 11.8. The van der Waals surface area contributed by atoms with Crippen molar-refractivity contribution in [1.29, 1.82) is 0 Å². The van der Waals surface area contributed by atoms with Crippen molar-refractivity contribution in [3.63, 3.8) is 0 Å². The van der Waals surface area contributed by atoms with E-state index in [2.05, 4.69) is 5.32 Å². The number of halogens is 1. The van der Waals surface area contributed by atoms with Crippen molar-refractivity contribution >= 4 is 15.7 Å². The summed E-state index contributed by atoms with van der Waals surface area (Å²) in [7, 11) is -1.86. The number of sulfone groups is 1. The van der Waals surface area contributed by atoms with Gasteiger partial charge < -0.3 is 10.1 Å². The molecule has 0 spiro atoms. The van der Waals surface area contributed by atoms with Crippen LogP contribution in [0.2, 0.25) is 0 Å². The Hall–Kier alpha value is -1.89. The fourth-order valence-corrected chi connectivity index (χ4v) is 2.95. The maximum absolute atomic E-state index is 13.6. The summed E-state index contributed by atoms with van der Waals surface area (Å²) < 4.78 is 40.8. The van der Waals surface area contributed by atoms with Gasteiger partial charge in [-0.15, -0.1) is 0 Å². The van der Waals surface area contributed by atoms with Gasteiger partial charge in [0.1, 0.15) is 11.6 Å². The molecule has 1 aromatic rings. The molecule has 0 aliphatic carbocycles. The number of amides is 1. The van der Waals surface area contributed by atoms with Gasteiger partial charge in [0, 0.05) is 11.5 Å². The van der Waals surface area contributed by atoms with Gasteiger partial charge in [-0.3, -0.25) is 4.79 Å². The lowest BCUT2D eigenvalue weighted by molar-refractivity contribution is 0.0943. The highest BCUT2D eigenvalue weighted by Crippen LogP contribution is 2.17.